The predicted octanol–water partition coefficient (Wildman–Crippen LogP) is 4.36. The van der Waals surface area contributed by atoms with Crippen LogP contribution in [0.25, 0.3) is 0 Å². The molecule has 0 fully saturated rings. The number of benzene rings is 2. The molecule has 0 aliphatic carbocycles. The fraction of sp³-hybridized carbons (Fsp3) is 0.300. The Morgan fingerprint density at radius 1 is 1.10 bits per heavy atom. The summed E-state index contributed by atoms with van der Waals surface area (Å²) in [5.74, 6) is -0.594. The molecule has 0 atom stereocenters. The van der Waals surface area contributed by atoms with Gasteiger partial charge >= 0.3 is 5.97 Å². The number of ketones is 1. The Bertz CT molecular complexity index is 887. The molecule has 0 spiro atoms. The van der Waals surface area contributed by atoms with E-state index < -0.39 is 5.97 Å². The second-order valence-corrected chi connectivity index (χ2v) is 7.00. The first-order valence-electron chi connectivity index (χ1n) is 8.52. The molecule has 0 aliphatic heterocycles. The minimum atomic E-state index is -0.535. The Morgan fingerprint density at radius 3 is 2.41 bits per heavy atom. The van der Waals surface area contributed by atoms with Gasteiger partial charge in [-0.15, -0.1) is 12.4 Å². The van der Waals surface area contributed by atoms with Crippen molar-refractivity contribution >= 4 is 47.4 Å². The van der Waals surface area contributed by atoms with Crippen molar-refractivity contribution in [2.45, 2.75) is 13.5 Å². The average Bonchev–Trinajstić information content (AvgIpc) is 2.64. The van der Waals surface area contributed by atoms with Crippen molar-refractivity contribution in [3.8, 4) is 11.5 Å². The molecule has 0 radical (unpaired) electrons. The normalized spacial score (nSPS) is 10.4. The molecule has 0 heterocycles. The van der Waals surface area contributed by atoms with E-state index in [1.165, 1.54) is 24.3 Å². The zero-order chi connectivity index (χ0) is 20.8. The number of aromatic hydroxyl groups is 1. The van der Waals surface area contributed by atoms with Crippen LogP contribution in [0.5, 0.6) is 11.5 Å². The summed E-state index contributed by atoms with van der Waals surface area (Å²) >= 11 is 12.5. The maximum Gasteiger partial charge on any atom is 0.344 e. The molecule has 0 aromatic heterocycles. The second kappa shape index (κ2) is 11.3. The SMILES string of the molecule is CCOC(=O)COc1ccc(C(=O)c2ccc(O)c(CN(C)C)c2)c(Cl)c1Cl.Cl. The lowest BCUT2D eigenvalue weighted by atomic mass is 10.0. The third-order valence-corrected chi connectivity index (χ3v) is 4.64. The summed E-state index contributed by atoms with van der Waals surface area (Å²) in [5.41, 5.74) is 1.18. The van der Waals surface area contributed by atoms with Crippen LogP contribution in [0.2, 0.25) is 10.0 Å². The van der Waals surface area contributed by atoms with Crippen molar-refractivity contribution in [2.75, 3.05) is 27.3 Å². The standard InChI is InChI=1S/C20H21Cl2NO5.ClH/c1-4-27-17(25)11-28-16-8-6-14(18(21)19(16)22)20(26)12-5-7-15(24)13(9-12)10-23(2)3;/h5-9,24H,4,10-11H2,1-3H3;1H. The Kier molecular flexibility index (Phi) is 9.73. The highest BCUT2D eigenvalue weighted by Gasteiger charge is 2.19. The molecule has 0 saturated carbocycles. The van der Waals surface area contributed by atoms with Gasteiger partial charge in [0.2, 0.25) is 0 Å². The van der Waals surface area contributed by atoms with Crippen molar-refractivity contribution < 1.29 is 24.2 Å². The molecule has 0 amide bonds. The summed E-state index contributed by atoms with van der Waals surface area (Å²) in [6.45, 7) is 2.09. The largest absolute Gasteiger partial charge is 0.508 e. The molecule has 2 aromatic carbocycles. The lowest BCUT2D eigenvalue weighted by molar-refractivity contribution is -0.145. The molecule has 0 unspecified atom stereocenters. The van der Waals surface area contributed by atoms with Crippen LogP contribution in [0, 0.1) is 0 Å². The summed E-state index contributed by atoms with van der Waals surface area (Å²) in [7, 11) is 3.72. The fourth-order valence-corrected chi connectivity index (χ4v) is 2.97. The third kappa shape index (κ3) is 6.51. The molecule has 2 aromatic rings. The van der Waals surface area contributed by atoms with Gasteiger partial charge < -0.3 is 19.5 Å². The Labute approximate surface area is 185 Å². The molecule has 9 heteroatoms. The van der Waals surface area contributed by atoms with Crippen LogP contribution in [0.3, 0.4) is 0 Å². The summed E-state index contributed by atoms with van der Waals surface area (Å²) in [6.07, 6.45) is 0. The number of halogens is 3. The molecule has 29 heavy (non-hydrogen) atoms. The van der Waals surface area contributed by atoms with Crippen molar-refractivity contribution in [2.24, 2.45) is 0 Å². The zero-order valence-electron chi connectivity index (χ0n) is 16.2. The van der Waals surface area contributed by atoms with Gasteiger partial charge in [0.15, 0.2) is 12.4 Å². The van der Waals surface area contributed by atoms with Crippen molar-refractivity contribution in [1.82, 2.24) is 4.90 Å². The van der Waals surface area contributed by atoms with Crippen LogP contribution in [-0.2, 0) is 16.1 Å². The highest BCUT2D eigenvalue weighted by Crippen LogP contribution is 2.36. The maximum absolute atomic E-state index is 12.9. The molecule has 0 bridgehead atoms. The van der Waals surface area contributed by atoms with Crippen LogP contribution in [-0.4, -0.2) is 49.1 Å². The number of carbonyl (C=O) groups is 2. The van der Waals surface area contributed by atoms with Crippen LogP contribution in [0.1, 0.15) is 28.4 Å². The topological polar surface area (TPSA) is 76.1 Å². The summed E-state index contributed by atoms with van der Waals surface area (Å²) in [6, 6.07) is 7.56. The third-order valence-electron chi connectivity index (χ3n) is 3.77. The zero-order valence-corrected chi connectivity index (χ0v) is 18.5. The number of ether oxygens (including phenoxy) is 2. The Balaban J connectivity index is 0.00000420. The van der Waals surface area contributed by atoms with E-state index in [0.29, 0.717) is 17.7 Å². The number of rotatable bonds is 8. The Morgan fingerprint density at radius 2 is 1.79 bits per heavy atom. The van der Waals surface area contributed by atoms with E-state index in [1.807, 2.05) is 19.0 Å². The van der Waals surface area contributed by atoms with Crippen LogP contribution < -0.4 is 4.74 Å². The minimum absolute atomic E-state index is 0. The van der Waals surface area contributed by atoms with Crippen molar-refractivity contribution in [3.63, 3.8) is 0 Å². The van der Waals surface area contributed by atoms with E-state index in [2.05, 4.69) is 0 Å². The quantitative estimate of drug-likeness (QED) is 0.464. The average molecular weight is 463 g/mol. The van der Waals surface area contributed by atoms with Crippen molar-refractivity contribution in [1.29, 1.82) is 0 Å². The maximum atomic E-state index is 12.9. The number of nitrogens with zero attached hydrogens (tertiary/aromatic N) is 1. The second-order valence-electron chi connectivity index (χ2n) is 6.24. The number of phenolic OH excluding ortho intramolecular Hbond substituents is 1. The molecular weight excluding hydrogens is 441 g/mol. The van der Waals surface area contributed by atoms with Crippen molar-refractivity contribution in [3.05, 3.63) is 57.1 Å². The van der Waals surface area contributed by atoms with Crippen LogP contribution in [0.15, 0.2) is 30.3 Å². The number of hydrogen-bond donors (Lipinski definition) is 1. The van der Waals surface area contributed by atoms with Gasteiger partial charge in [-0.05, 0) is 51.4 Å². The van der Waals surface area contributed by atoms with Gasteiger partial charge in [-0.1, -0.05) is 23.2 Å². The van der Waals surface area contributed by atoms with E-state index in [0.717, 1.165) is 0 Å². The lowest BCUT2D eigenvalue weighted by Gasteiger charge is -2.14. The first-order valence-corrected chi connectivity index (χ1v) is 9.27. The summed E-state index contributed by atoms with van der Waals surface area (Å²) in [5, 5.41) is 10.0. The molecular formula is C20H22Cl3NO5. The smallest absolute Gasteiger partial charge is 0.344 e. The number of hydrogen-bond acceptors (Lipinski definition) is 6. The van der Waals surface area contributed by atoms with E-state index in [9.17, 15) is 14.7 Å². The van der Waals surface area contributed by atoms with Gasteiger partial charge in [0.25, 0.3) is 0 Å². The molecule has 1 N–H and O–H groups in total. The van der Waals surface area contributed by atoms with Gasteiger partial charge in [-0.25, -0.2) is 4.79 Å². The Hall–Kier alpha value is -1.99. The molecule has 158 valence electrons. The molecule has 6 nitrogen and oxygen atoms in total. The van der Waals surface area contributed by atoms with Gasteiger partial charge in [0.05, 0.1) is 11.6 Å². The van der Waals surface area contributed by atoms with E-state index in [1.54, 1.807) is 13.0 Å². The van der Waals surface area contributed by atoms with E-state index in [4.69, 9.17) is 32.7 Å². The van der Waals surface area contributed by atoms with Gasteiger partial charge in [-0.3, -0.25) is 4.79 Å². The lowest BCUT2D eigenvalue weighted by Crippen LogP contribution is -2.15. The number of carbonyl (C=O) groups excluding carboxylic acids is 2. The monoisotopic (exact) mass is 461 g/mol. The highest BCUT2D eigenvalue weighted by molar-refractivity contribution is 6.45. The van der Waals surface area contributed by atoms with E-state index >= 15 is 0 Å². The van der Waals surface area contributed by atoms with Crippen LogP contribution in [0.4, 0.5) is 0 Å². The first kappa shape index (κ1) is 25.0. The van der Waals surface area contributed by atoms with Gasteiger partial charge in [0, 0.05) is 23.2 Å². The van der Waals surface area contributed by atoms with E-state index in [-0.39, 0.29) is 58.5 Å². The molecule has 2 rings (SSSR count). The highest BCUT2D eigenvalue weighted by atomic mass is 35.5. The number of phenols is 1. The number of esters is 1. The summed E-state index contributed by atoms with van der Waals surface area (Å²) < 4.78 is 10.1. The van der Waals surface area contributed by atoms with Gasteiger partial charge in [-0.2, -0.15) is 0 Å². The predicted molar refractivity (Wildman–Crippen MR) is 115 cm³/mol. The first-order chi connectivity index (χ1) is 13.2. The fourth-order valence-electron chi connectivity index (χ4n) is 2.51. The summed E-state index contributed by atoms with van der Waals surface area (Å²) in [4.78, 5) is 26.2. The van der Waals surface area contributed by atoms with Gasteiger partial charge in [0.1, 0.15) is 16.5 Å². The molecule has 0 aliphatic rings. The molecule has 0 saturated heterocycles. The van der Waals surface area contributed by atoms with Crippen LogP contribution >= 0.6 is 35.6 Å². The minimum Gasteiger partial charge on any atom is -0.508 e.